The second kappa shape index (κ2) is 6.31. The summed E-state index contributed by atoms with van der Waals surface area (Å²) in [5, 5.41) is 0. The van der Waals surface area contributed by atoms with Crippen LogP contribution in [-0.4, -0.2) is 80.5 Å². The maximum absolute atomic E-state index is 11.6. The molecule has 1 aromatic heterocycles. The van der Waals surface area contributed by atoms with E-state index in [1.807, 2.05) is 18.0 Å². The number of anilines is 2. The number of carbonyl (C=O) groups is 1. The third-order valence-electron chi connectivity index (χ3n) is 4.54. The summed E-state index contributed by atoms with van der Waals surface area (Å²) in [6.07, 6.45) is 3.02. The molecule has 0 N–H and O–H groups in total. The van der Waals surface area contributed by atoms with Crippen LogP contribution in [0, 0.1) is 0 Å². The first-order valence-electron chi connectivity index (χ1n) is 7.68. The number of sulfone groups is 1. The summed E-state index contributed by atoms with van der Waals surface area (Å²) in [5.74, 6) is 1.97. The molecule has 0 radical (unpaired) electrons. The summed E-state index contributed by atoms with van der Waals surface area (Å²) in [5.41, 5.74) is 0. The third-order valence-corrected chi connectivity index (χ3v) is 6.29. The molecule has 2 aliphatic heterocycles. The Morgan fingerprint density at radius 3 is 2.61 bits per heavy atom. The van der Waals surface area contributed by atoms with Crippen molar-refractivity contribution in [3.8, 4) is 0 Å². The van der Waals surface area contributed by atoms with Crippen LogP contribution in [0.5, 0.6) is 0 Å². The lowest BCUT2D eigenvalue weighted by molar-refractivity contribution is -0.118. The smallest absolute Gasteiger partial charge is 0.209 e. The molecule has 0 aromatic carbocycles. The zero-order chi connectivity index (χ0) is 16.4. The van der Waals surface area contributed by atoms with Crippen molar-refractivity contribution in [1.82, 2.24) is 14.9 Å². The minimum atomic E-state index is -2.92. The van der Waals surface area contributed by atoms with Gasteiger partial charge in [-0.05, 0) is 6.42 Å². The van der Waals surface area contributed by atoms with E-state index in [-0.39, 0.29) is 17.5 Å². The Morgan fingerprint density at radius 2 is 2.00 bits per heavy atom. The molecule has 23 heavy (non-hydrogen) atoms. The Bertz CT molecular complexity index is 673. The van der Waals surface area contributed by atoms with Crippen LogP contribution in [-0.2, 0) is 14.6 Å². The van der Waals surface area contributed by atoms with Gasteiger partial charge in [0.2, 0.25) is 6.41 Å². The lowest BCUT2D eigenvalue weighted by Crippen LogP contribution is -2.46. The molecular weight excluding hydrogens is 318 g/mol. The average Bonchev–Trinajstić information content (AvgIpc) is 2.94. The van der Waals surface area contributed by atoms with Gasteiger partial charge < -0.3 is 14.7 Å². The molecule has 2 aliphatic rings. The number of aromatic nitrogens is 2. The number of hydrogen-bond donors (Lipinski definition) is 0. The fourth-order valence-electron chi connectivity index (χ4n) is 3.03. The Balaban J connectivity index is 1.71. The topological polar surface area (TPSA) is 86.7 Å². The van der Waals surface area contributed by atoms with E-state index in [9.17, 15) is 13.2 Å². The van der Waals surface area contributed by atoms with E-state index in [2.05, 4.69) is 14.9 Å². The maximum Gasteiger partial charge on any atom is 0.209 e. The van der Waals surface area contributed by atoms with Crippen LogP contribution in [0.3, 0.4) is 0 Å². The number of piperazine rings is 1. The van der Waals surface area contributed by atoms with Crippen molar-refractivity contribution < 1.29 is 13.2 Å². The second-order valence-electron chi connectivity index (χ2n) is 6.03. The van der Waals surface area contributed by atoms with E-state index in [0.717, 1.165) is 31.1 Å². The first-order chi connectivity index (χ1) is 11.0. The number of hydrogen-bond acceptors (Lipinski definition) is 7. The standard InChI is InChI=1S/C14H21N5O3S/c1-17(12-2-7-23(21,22)9-12)13-8-14(16-10-15-13)19-5-3-18(11-20)4-6-19/h8,10-12H,2-7,9H2,1H3. The third kappa shape index (κ3) is 3.54. The van der Waals surface area contributed by atoms with Gasteiger partial charge in [0.1, 0.15) is 18.0 Å². The van der Waals surface area contributed by atoms with Crippen LogP contribution in [0.15, 0.2) is 12.4 Å². The summed E-state index contributed by atoms with van der Waals surface area (Å²) >= 11 is 0. The lowest BCUT2D eigenvalue weighted by Gasteiger charge is -2.33. The predicted molar refractivity (Wildman–Crippen MR) is 87.3 cm³/mol. The molecule has 126 valence electrons. The van der Waals surface area contributed by atoms with Gasteiger partial charge in [0.05, 0.1) is 11.5 Å². The van der Waals surface area contributed by atoms with Gasteiger partial charge in [-0.2, -0.15) is 0 Å². The van der Waals surface area contributed by atoms with E-state index in [1.54, 1.807) is 4.90 Å². The number of amides is 1. The Kier molecular flexibility index (Phi) is 4.38. The molecule has 0 spiro atoms. The van der Waals surface area contributed by atoms with Crippen molar-refractivity contribution in [2.24, 2.45) is 0 Å². The molecule has 0 bridgehead atoms. The highest BCUT2D eigenvalue weighted by Crippen LogP contribution is 2.24. The van der Waals surface area contributed by atoms with Gasteiger partial charge in [0.15, 0.2) is 9.84 Å². The van der Waals surface area contributed by atoms with E-state index < -0.39 is 9.84 Å². The molecule has 8 nitrogen and oxygen atoms in total. The minimum absolute atomic E-state index is 0.0327. The summed E-state index contributed by atoms with van der Waals surface area (Å²) in [4.78, 5) is 25.2. The van der Waals surface area contributed by atoms with Gasteiger partial charge >= 0.3 is 0 Å². The van der Waals surface area contributed by atoms with Crippen LogP contribution < -0.4 is 9.80 Å². The van der Waals surface area contributed by atoms with Crippen LogP contribution in [0.1, 0.15) is 6.42 Å². The lowest BCUT2D eigenvalue weighted by atomic mass is 10.2. The Hall–Kier alpha value is -1.90. The molecule has 0 saturated carbocycles. The molecule has 1 unspecified atom stereocenters. The summed E-state index contributed by atoms with van der Waals surface area (Å²) < 4.78 is 23.3. The van der Waals surface area contributed by atoms with Crippen molar-refractivity contribution in [3.05, 3.63) is 12.4 Å². The largest absolute Gasteiger partial charge is 0.355 e. The highest BCUT2D eigenvalue weighted by molar-refractivity contribution is 7.91. The zero-order valence-corrected chi connectivity index (χ0v) is 13.9. The van der Waals surface area contributed by atoms with Gasteiger partial charge in [-0.1, -0.05) is 0 Å². The molecule has 1 amide bonds. The predicted octanol–water partition coefficient (Wildman–Crippen LogP) is -0.622. The van der Waals surface area contributed by atoms with Crippen LogP contribution >= 0.6 is 0 Å². The molecule has 0 aliphatic carbocycles. The second-order valence-corrected chi connectivity index (χ2v) is 8.26. The normalized spacial score (nSPS) is 23.8. The van der Waals surface area contributed by atoms with Crippen LogP contribution in [0.25, 0.3) is 0 Å². The molecule has 9 heteroatoms. The monoisotopic (exact) mass is 339 g/mol. The molecule has 3 rings (SSSR count). The Labute approximate surface area is 136 Å². The molecule has 1 atom stereocenters. The summed E-state index contributed by atoms with van der Waals surface area (Å²) in [6.45, 7) is 2.83. The fourth-order valence-corrected chi connectivity index (χ4v) is 4.80. The van der Waals surface area contributed by atoms with Crippen molar-refractivity contribution >= 4 is 27.9 Å². The Morgan fingerprint density at radius 1 is 1.26 bits per heavy atom. The minimum Gasteiger partial charge on any atom is -0.355 e. The zero-order valence-electron chi connectivity index (χ0n) is 13.1. The van der Waals surface area contributed by atoms with Gasteiger partial charge in [-0.15, -0.1) is 0 Å². The highest BCUT2D eigenvalue weighted by atomic mass is 32.2. The first kappa shape index (κ1) is 16.0. The van der Waals surface area contributed by atoms with Crippen molar-refractivity contribution in [3.63, 3.8) is 0 Å². The fraction of sp³-hybridized carbons (Fsp3) is 0.643. The van der Waals surface area contributed by atoms with Gasteiger partial charge in [0, 0.05) is 45.3 Å². The number of carbonyl (C=O) groups excluding carboxylic acids is 1. The SMILES string of the molecule is CN(c1cc(N2CCN(C=O)CC2)ncn1)C1CCS(=O)(=O)C1. The first-order valence-corrected chi connectivity index (χ1v) is 9.50. The molecular formula is C14H21N5O3S. The van der Waals surface area contributed by atoms with Crippen molar-refractivity contribution in [1.29, 1.82) is 0 Å². The van der Waals surface area contributed by atoms with Gasteiger partial charge in [-0.25, -0.2) is 18.4 Å². The summed E-state index contributed by atoms with van der Waals surface area (Å²) in [6, 6.07) is 1.86. The van der Waals surface area contributed by atoms with E-state index in [1.165, 1.54) is 6.33 Å². The summed E-state index contributed by atoms with van der Waals surface area (Å²) in [7, 11) is -1.05. The number of rotatable bonds is 4. The van der Waals surface area contributed by atoms with E-state index >= 15 is 0 Å². The van der Waals surface area contributed by atoms with Gasteiger partial charge in [0.25, 0.3) is 0 Å². The number of nitrogens with zero attached hydrogens (tertiary/aromatic N) is 5. The maximum atomic E-state index is 11.6. The van der Waals surface area contributed by atoms with Crippen LogP contribution in [0.2, 0.25) is 0 Å². The van der Waals surface area contributed by atoms with Gasteiger partial charge in [-0.3, -0.25) is 4.79 Å². The molecule has 2 fully saturated rings. The average molecular weight is 339 g/mol. The molecule has 2 saturated heterocycles. The van der Waals surface area contributed by atoms with Crippen molar-refractivity contribution in [2.75, 3.05) is 54.5 Å². The van der Waals surface area contributed by atoms with Crippen molar-refractivity contribution in [2.45, 2.75) is 12.5 Å². The quantitative estimate of drug-likeness (QED) is 0.676. The highest BCUT2D eigenvalue weighted by Gasteiger charge is 2.31. The van der Waals surface area contributed by atoms with E-state index in [4.69, 9.17) is 0 Å². The molecule has 3 heterocycles. The van der Waals surface area contributed by atoms with Crippen LogP contribution in [0.4, 0.5) is 11.6 Å². The van der Waals surface area contributed by atoms with E-state index in [0.29, 0.717) is 19.5 Å². The molecule has 1 aromatic rings.